The number of halogens is 4. The number of carbonyl (C=O) groups excluding carboxylic acids is 1. The van der Waals surface area contributed by atoms with Crippen LogP contribution in [0.5, 0.6) is 5.75 Å². The summed E-state index contributed by atoms with van der Waals surface area (Å²) in [7, 11) is 0. The maximum Gasteiger partial charge on any atom is 0.435 e. The highest BCUT2D eigenvalue weighted by Gasteiger charge is 2.35. The van der Waals surface area contributed by atoms with Gasteiger partial charge in [0.05, 0.1) is 0 Å². The highest BCUT2D eigenvalue weighted by Crippen LogP contribution is 2.28. The Balaban J connectivity index is 2.23. The summed E-state index contributed by atoms with van der Waals surface area (Å²) in [6.45, 7) is -0.187. The van der Waals surface area contributed by atoms with Gasteiger partial charge >= 0.3 is 6.18 Å². The molecule has 6 nitrogen and oxygen atoms in total. The fraction of sp³-hybridized carbons (Fsp3) is 0.286. The molecule has 0 aliphatic rings. The topological polar surface area (TPSA) is 95.2 Å². The Labute approximate surface area is 133 Å². The summed E-state index contributed by atoms with van der Waals surface area (Å²) in [6, 6.07) is 3.97. The number of hydrogen-bond donors (Lipinski definition) is 3. The number of aromatic amines is 1. The number of phenols is 1. The van der Waals surface area contributed by atoms with Crippen LogP contribution >= 0.6 is 0 Å². The Bertz CT molecular complexity index is 730. The Kier molecular flexibility index (Phi) is 5.07. The molecule has 0 saturated carbocycles. The van der Waals surface area contributed by atoms with Crippen LogP contribution in [0.2, 0.25) is 0 Å². The lowest BCUT2D eigenvalue weighted by Gasteiger charge is -2.21. The van der Waals surface area contributed by atoms with E-state index in [0.29, 0.717) is 6.07 Å². The molecular formula is C14H14F4N4O2. The van der Waals surface area contributed by atoms with Gasteiger partial charge in [-0.1, -0.05) is 6.07 Å². The number of benzene rings is 1. The van der Waals surface area contributed by atoms with E-state index in [4.69, 9.17) is 5.73 Å². The van der Waals surface area contributed by atoms with Crippen molar-refractivity contribution in [3.05, 3.63) is 47.0 Å². The lowest BCUT2D eigenvalue weighted by Crippen LogP contribution is -2.35. The summed E-state index contributed by atoms with van der Waals surface area (Å²) in [5, 5.41) is 14.3. The van der Waals surface area contributed by atoms with Gasteiger partial charge in [0.2, 0.25) is 0 Å². The molecule has 1 aromatic heterocycles. The molecule has 4 N–H and O–H groups in total. The summed E-state index contributed by atoms with van der Waals surface area (Å²) < 4.78 is 51.4. The van der Waals surface area contributed by atoms with Gasteiger partial charge in [0.1, 0.15) is 17.3 Å². The van der Waals surface area contributed by atoms with Crippen LogP contribution in [0.15, 0.2) is 24.3 Å². The van der Waals surface area contributed by atoms with Crippen molar-refractivity contribution in [1.82, 2.24) is 15.1 Å². The van der Waals surface area contributed by atoms with Crippen LogP contribution in [0.25, 0.3) is 0 Å². The number of alkyl halides is 3. The van der Waals surface area contributed by atoms with Crippen LogP contribution in [0.1, 0.15) is 21.7 Å². The number of aromatic nitrogens is 2. The predicted molar refractivity (Wildman–Crippen MR) is 75.4 cm³/mol. The lowest BCUT2D eigenvalue weighted by molar-refractivity contribution is -0.141. The van der Waals surface area contributed by atoms with Crippen LogP contribution < -0.4 is 5.73 Å². The molecule has 0 atom stereocenters. The first kappa shape index (κ1) is 17.7. The van der Waals surface area contributed by atoms with Crippen LogP contribution in [0.3, 0.4) is 0 Å². The Morgan fingerprint density at radius 3 is 2.58 bits per heavy atom. The maximum absolute atomic E-state index is 13.8. The van der Waals surface area contributed by atoms with Gasteiger partial charge in [-0.2, -0.15) is 18.3 Å². The molecule has 1 aromatic carbocycles. The number of aromatic hydroxyl groups is 1. The summed E-state index contributed by atoms with van der Waals surface area (Å²) >= 11 is 0. The first-order chi connectivity index (χ1) is 11.2. The average Bonchev–Trinajstić information content (AvgIpc) is 2.98. The summed E-state index contributed by atoms with van der Waals surface area (Å²) in [6.07, 6.45) is -4.68. The minimum Gasteiger partial charge on any atom is -0.508 e. The van der Waals surface area contributed by atoms with Gasteiger partial charge in [-0.15, -0.1) is 0 Å². The fourth-order valence-corrected chi connectivity index (χ4v) is 2.03. The predicted octanol–water partition coefficient (Wildman–Crippen LogP) is 1.87. The molecule has 0 saturated heterocycles. The third kappa shape index (κ3) is 4.02. The number of hydrogen-bond acceptors (Lipinski definition) is 4. The van der Waals surface area contributed by atoms with Crippen molar-refractivity contribution in [2.45, 2.75) is 12.7 Å². The number of nitrogens with zero attached hydrogens (tertiary/aromatic N) is 2. The lowest BCUT2D eigenvalue weighted by atomic mass is 10.1. The smallest absolute Gasteiger partial charge is 0.435 e. The van der Waals surface area contributed by atoms with Gasteiger partial charge in [-0.25, -0.2) is 4.39 Å². The molecule has 0 bridgehead atoms. The van der Waals surface area contributed by atoms with E-state index in [-0.39, 0.29) is 36.6 Å². The number of rotatable bonds is 5. The molecule has 1 heterocycles. The van der Waals surface area contributed by atoms with E-state index in [9.17, 15) is 27.5 Å². The zero-order valence-electron chi connectivity index (χ0n) is 12.3. The highest BCUT2D eigenvalue weighted by atomic mass is 19.4. The Morgan fingerprint density at radius 1 is 1.33 bits per heavy atom. The molecule has 1 amide bonds. The van der Waals surface area contributed by atoms with Gasteiger partial charge in [0, 0.05) is 37.3 Å². The standard InChI is InChI=1S/C14H14F4N4O2/c15-10-5-9(23)2-1-8(10)7-22(4-3-19)13(24)11-6-12(21-20-11)14(16,17)18/h1-2,5-6,23H,3-4,7,19H2,(H,20,21). The third-order valence-corrected chi connectivity index (χ3v) is 3.18. The number of phenolic OH excluding ortho intramolecular Hbond substituents is 1. The van der Waals surface area contributed by atoms with Crippen LogP contribution in [-0.2, 0) is 12.7 Å². The number of nitrogens with two attached hydrogens (primary N) is 1. The number of H-pyrrole nitrogens is 1. The number of carbonyl (C=O) groups is 1. The van der Waals surface area contributed by atoms with Gasteiger partial charge in [-0.3, -0.25) is 9.89 Å². The SMILES string of the molecule is NCCN(Cc1ccc(O)cc1F)C(=O)c1cc(C(F)(F)F)n[nH]1. The molecule has 2 aromatic rings. The molecule has 0 aliphatic carbocycles. The van der Waals surface area contributed by atoms with Crippen molar-refractivity contribution in [3.8, 4) is 5.75 Å². The van der Waals surface area contributed by atoms with Crippen LogP contribution in [0.4, 0.5) is 17.6 Å². The van der Waals surface area contributed by atoms with Crippen LogP contribution in [-0.4, -0.2) is 39.2 Å². The van der Waals surface area contributed by atoms with Gasteiger partial charge in [-0.05, 0) is 6.07 Å². The first-order valence-corrected chi connectivity index (χ1v) is 6.81. The molecule has 0 radical (unpaired) electrons. The number of nitrogens with one attached hydrogen (secondary N) is 1. The van der Waals surface area contributed by atoms with Crippen molar-refractivity contribution in [2.75, 3.05) is 13.1 Å². The Morgan fingerprint density at radius 2 is 2.04 bits per heavy atom. The molecule has 0 unspecified atom stereocenters. The zero-order valence-corrected chi connectivity index (χ0v) is 12.3. The summed E-state index contributed by atoms with van der Waals surface area (Å²) in [5.41, 5.74) is 3.88. The normalized spacial score (nSPS) is 11.5. The largest absolute Gasteiger partial charge is 0.508 e. The van der Waals surface area contributed by atoms with E-state index in [1.54, 1.807) is 0 Å². The molecule has 24 heavy (non-hydrogen) atoms. The minimum atomic E-state index is -4.68. The zero-order chi connectivity index (χ0) is 17.9. The molecule has 2 rings (SSSR count). The third-order valence-electron chi connectivity index (χ3n) is 3.18. The average molecular weight is 346 g/mol. The van der Waals surface area contributed by atoms with E-state index in [1.807, 2.05) is 5.10 Å². The summed E-state index contributed by atoms with van der Waals surface area (Å²) in [4.78, 5) is 13.4. The molecular weight excluding hydrogens is 332 g/mol. The van der Waals surface area contributed by atoms with E-state index < -0.39 is 23.6 Å². The van der Waals surface area contributed by atoms with Crippen molar-refractivity contribution in [1.29, 1.82) is 0 Å². The van der Waals surface area contributed by atoms with Gasteiger partial charge < -0.3 is 15.7 Å². The van der Waals surface area contributed by atoms with E-state index in [2.05, 4.69) is 5.10 Å². The van der Waals surface area contributed by atoms with Gasteiger partial charge in [0.15, 0.2) is 5.69 Å². The molecule has 0 aliphatic heterocycles. The molecule has 0 fully saturated rings. The molecule has 130 valence electrons. The van der Waals surface area contributed by atoms with Crippen molar-refractivity contribution in [2.24, 2.45) is 5.73 Å². The first-order valence-electron chi connectivity index (χ1n) is 6.81. The monoisotopic (exact) mass is 346 g/mol. The Hall–Kier alpha value is -2.62. The molecule has 10 heteroatoms. The van der Waals surface area contributed by atoms with E-state index >= 15 is 0 Å². The van der Waals surface area contributed by atoms with Crippen molar-refractivity contribution >= 4 is 5.91 Å². The quantitative estimate of drug-likeness (QED) is 0.721. The van der Waals surface area contributed by atoms with Crippen molar-refractivity contribution < 1.29 is 27.5 Å². The van der Waals surface area contributed by atoms with Gasteiger partial charge in [0.25, 0.3) is 5.91 Å². The second-order valence-corrected chi connectivity index (χ2v) is 4.96. The minimum absolute atomic E-state index is 0.000475. The highest BCUT2D eigenvalue weighted by molar-refractivity contribution is 5.92. The second kappa shape index (κ2) is 6.87. The summed E-state index contributed by atoms with van der Waals surface area (Å²) in [5.74, 6) is -1.82. The van der Waals surface area contributed by atoms with Crippen LogP contribution in [0, 0.1) is 5.82 Å². The van der Waals surface area contributed by atoms with E-state index in [0.717, 1.165) is 11.0 Å². The van der Waals surface area contributed by atoms with Crippen molar-refractivity contribution in [3.63, 3.8) is 0 Å². The molecule has 0 spiro atoms. The maximum atomic E-state index is 13.8. The fourth-order valence-electron chi connectivity index (χ4n) is 2.03. The second-order valence-electron chi connectivity index (χ2n) is 4.96. The van der Waals surface area contributed by atoms with E-state index in [1.165, 1.54) is 12.1 Å². The number of amides is 1.